The van der Waals surface area contributed by atoms with E-state index in [0.717, 1.165) is 10.2 Å². The number of aryl methyl sites for hydroxylation is 1. The van der Waals surface area contributed by atoms with Gasteiger partial charge in [-0.1, -0.05) is 24.3 Å². The number of nitrogens with zero attached hydrogens (tertiary/aromatic N) is 3. The molecule has 104 valence electrons. The molecule has 0 amide bonds. The molecule has 4 nitrogen and oxygen atoms in total. The van der Waals surface area contributed by atoms with E-state index in [-0.39, 0.29) is 18.2 Å². The standard InChI is InChI=1S/C11H11F3N4.ClH/c1-18-9(16-10(17-18)11(12,13)14)8-4-2-7(6-15)3-5-8;/h2-5H,6,15H2,1H3;1H. The molecule has 0 spiro atoms. The zero-order valence-corrected chi connectivity index (χ0v) is 10.8. The van der Waals surface area contributed by atoms with Crippen LogP contribution in [0.25, 0.3) is 11.4 Å². The van der Waals surface area contributed by atoms with Crippen molar-refractivity contribution in [2.24, 2.45) is 12.8 Å². The molecule has 0 aliphatic heterocycles. The van der Waals surface area contributed by atoms with E-state index in [0.29, 0.717) is 12.1 Å². The quantitative estimate of drug-likeness (QED) is 0.924. The van der Waals surface area contributed by atoms with Crippen LogP contribution < -0.4 is 5.73 Å². The van der Waals surface area contributed by atoms with E-state index in [2.05, 4.69) is 10.1 Å². The monoisotopic (exact) mass is 292 g/mol. The van der Waals surface area contributed by atoms with Crippen molar-refractivity contribution in [3.8, 4) is 11.4 Å². The molecule has 8 heteroatoms. The lowest BCUT2D eigenvalue weighted by molar-refractivity contribution is -0.144. The molecule has 0 bridgehead atoms. The van der Waals surface area contributed by atoms with Gasteiger partial charge in [0.2, 0.25) is 0 Å². The Hall–Kier alpha value is -1.60. The van der Waals surface area contributed by atoms with E-state index in [1.54, 1.807) is 24.3 Å². The predicted molar refractivity (Wildman–Crippen MR) is 66.6 cm³/mol. The number of aromatic nitrogens is 3. The van der Waals surface area contributed by atoms with Crippen LogP contribution in [0.15, 0.2) is 24.3 Å². The molecule has 19 heavy (non-hydrogen) atoms. The highest BCUT2D eigenvalue weighted by Gasteiger charge is 2.36. The fraction of sp³-hybridized carbons (Fsp3) is 0.273. The summed E-state index contributed by atoms with van der Waals surface area (Å²) in [6.45, 7) is 0.382. The van der Waals surface area contributed by atoms with Crippen molar-refractivity contribution in [3.05, 3.63) is 35.7 Å². The molecule has 1 aromatic carbocycles. The molecule has 2 aromatic rings. The van der Waals surface area contributed by atoms with Crippen LogP contribution in [0.2, 0.25) is 0 Å². The highest BCUT2D eigenvalue weighted by molar-refractivity contribution is 5.85. The molecule has 1 aromatic heterocycles. The van der Waals surface area contributed by atoms with Crippen LogP contribution in [0.3, 0.4) is 0 Å². The van der Waals surface area contributed by atoms with Crippen molar-refractivity contribution >= 4 is 12.4 Å². The van der Waals surface area contributed by atoms with Gasteiger partial charge in [-0.2, -0.15) is 13.2 Å². The number of alkyl halides is 3. The molecule has 0 radical (unpaired) electrons. The van der Waals surface area contributed by atoms with Gasteiger partial charge < -0.3 is 5.73 Å². The molecule has 0 aliphatic rings. The van der Waals surface area contributed by atoms with Gasteiger partial charge in [0.15, 0.2) is 5.82 Å². The lowest BCUT2D eigenvalue weighted by Crippen LogP contribution is -2.08. The van der Waals surface area contributed by atoms with Crippen LogP contribution in [0.4, 0.5) is 13.2 Å². The van der Waals surface area contributed by atoms with Gasteiger partial charge in [-0.3, -0.25) is 0 Å². The molecular formula is C11H12ClF3N4. The second-order valence-corrected chi connectivity index (χ2v) is 3.78. The van der Waals surface area contributed by atoms with Crippen molar-refractivity contribution in [2.45, 2.75) is 12.7 Å². The molecule has 0 aliphatic carbocycles. The number of benzene rings is 1. The third-order valence-corrected chi connectivity index (χ3v) is 2.46. The first kappa shape index (κ1) is 15.5. The summed E-state index contributed by atoms with van der Waals surface area (Å²) >= 11 is 0. The van der Waals surface area contributed by atoms with Gasteiger partial charge in [-0.25, -0.2) is 9.67 Å². The van der Waals surface area contributed by atoms with E-state index in [1.807, 2.05) is 0 Å². The van der Waals surface area contributed by atoms with Crippen molar-refractivity contribution in [1.29, 1.82) is 0 Å². The van der Waals surface area contributed by atoms with Crippen molar-refractivity contribution < 1.29 is 13.2 Å². The Morgan fingerprint density at radius 1 is 1.21 bits per heavy atom. The number of halogens is 4. The Bertz CT molecular complexity index is 548. The molecule has 0 saturated carbocycles. The normalized spacial score (nSPS) is 11.2. The Morgan fingerprint density at radius 3 is 2.21 bits per heavy atom. The molecule has 2 rings (SSSR count). The Morgan fingerprint density at radius 2 is 1.79 bits per heavy atom. The molecule has 0 unspecified atom stereocenters. The smallest absolute Gasteiger partial charge is 0.326 e. The van der Waals surface area contributed by atoms with E-state index < -0.39 is 12.0 Å². The van der Waals surface area contributed by atoms with Gasteiger partial charge in [0.05, 0.1) is 0 Å². The number of hydrogen-bond acceptors (Lipinski definition) is 3. The van der Waals surface area contributed by atoms with Crippen LogP contribution in [0.5, 0.6) is 0 Å². The molecular weight excluding hydrogens is 281 g/mol. The maximum atomic E-state index is 12.5. The second kappa shape index (κ2) is 5.58. The van der Waals surface area contributed by atoms with Crippen LogP contribution in [-0.4, -0.2) is 14.8 Å². The fourth-order valence-corrected chi connectivity index (χ4v) is 1.55. The number of nitrogens with two attached hydrogens (primary N) is 1. The maximum absolute atomic E-state index is 12.5. The molecule has 0 atom stereocenters. The number of rotatable bonds is 2. The Kier molecular flexibility index (Phi) is 4.54. The van der Waals surface area contributed by atoms with E-state index >= 15 is 0 Å². The lowest BCUT2D eigenvalue weighted by atomic mass is 10.1. The summed E-state index contributed by atoms with van der Waals surface area (Å²) in [5.41, 5.74) is 6.92. The Balaban J connectivity index is 0.00000180. The van der Waals surface area contributed by atoms with E-state index in [9.17, 15) is 13.2 Å². The van der Waals surface area contributed by atoms with Crippen LogP contribution in [0.1, 0.15) is 11.4 Å². The first-order valence-electron chi connectivity index (χ1n) is 5.19. The van der Waals surface area contributed by atoms with Gasteiger partial charge >= 0.3 is 6.18 Å². The van der Waals surface area contributed by atoms with Crippen molar-refractivity contribution in [1.82, 2.24) is 14.8 Å². The average molecular weight is 293 g/mol. The van der Waals surface area contributed by atoms with E-state index in [4.69, 9.17) is 5.73 Å². The SMILES string of the molecule is Cl.Cn1nc(C(F)(F)F)nc1-c1ccc(CN)cc1. The first-order valence-corrected chi connectivity index (χ1v) is 5.19. The third-order valence-electron chi connectivity index (χ3n) is 2.46. The summed E-state index contributed by atoms with van der Waals surface area (Å²) in [6, 6.07) is 6.84. The van der Waals surface area contributed by atoms with Crippen molar-refractivity contribution in [2.75, 3.05) is 0 Å². The summed E-state index contributed by atoms with van der Waals surface area (Å²) in [5.74, 6) is -0.964. The van der Waals surface area contributed by atoms with Crippen molar-refractivity contribution in [3.63, 3.8) is 0 Å². The van der Waals surface area contributed by atoms with Gasteiger partial charge in [0, 0.05) is 19.2 Å². The topological polar surface area (TPSA) is 56.7 Å². The second-order valence-electron chi connectivity index (χ2n) is 3.78. The largest absolute Gasteiger partial charge is 0.453 e. The highest BCUT2D eigenvalue weighted by Crippen LogP contribution is 2.28. The molecule has 1 heterocycles. The average Bonchev–Trinajstić information content (AvgIpc) is 2.71. The summed E-state index contributed by atoms with van der Waals surface area (Å²) in [4.78, 5) is 3.50. The van der Waals surface area contributed by atoms with Gasteiger partial charge in [0.1, 0.15) is 0 Å². The first-order chi connectivity index (χ1) is 8.41. The minimum Gasteiger partial charge on any atom is -0.326 e. The molecule has 0 saturated heterocycles. The lowest BCUT2D eigenvalue weighted by Gasteiger charge is -2.01. The summed E-state index contributed by atoms with van der Waals surface area (Å²) < 4.78 is 38.5. The minimum atomic E-state index is -4.53. The maximum Gasteiger partial charge on any atom is 0.453 e. The van der Waals surface area contributed by atoms with Gasteiger partial charge in [-0.05, 0) is 5.56 Å². The number of hydrogen-bond donors (Lipinski definition) is 1. The molecule has 0 fully saturated rings. The zero-order valence-electron chi connectivity index (χ0n) is 9.98. The van der Waals surface area contributed by atoms with Crippen LogP contribution in [0, 0.1) is 0 Å². The zero-order chi connectivity index (χ0) is 13.3. The highest BCUT2D eigenvalue weighted by atomic mass is 35.5. The fourth-order valence-electron chi connectivity index (χ4n) is 1.55. The predicted octanol–water partition coefficient (Wildman–Crippen LogP) is 2.38. The minimum absolute atomic E-state index is 0. The van der Waals surface area contributed by atoms with Crippen LogP contribution >= 0.6 is 12.4 Å². The summed E-state index contributed by atoms with van der Waals surface area (Å²) in [6.07, 6.45) is -4.53. The van der Waals surface area contributed by atoms with Gasteiger partial charge in [-0.15, -0.1) is 17.5 Å². The van der Waals surface area contributed by atoms with E-state index in [1.165, 1.54) is 7.05 Å². The third kappa shape index (κ3) is 3.24. The van der Waals surface area contributed by atoms with Crippen LogP contribution in [-0.2, 0) is 19.8 Å². The summed E-state index contributed by atoms with van der Waals surface area (Å²) in [5, 5.41) is 3.36. The Labute approximate surface area is 113 Å². The van der Waals surface area contributed by atoms with Gasteiger partial charge in [0.25, 0.3) is 5.82 Å². The summed E-state index contributed by atoms with van der Waals surface area (Å²) in [7, 11) is 1.43. The molecule has 2 N–H and O–H groups in total.